The van der Waals surface area contributed by atoms with Gasteiger partial charge in [0.2, 0.25) is 0 Å². The maximum absolute atomic E-state index is 13.0. The highest BCUT2D eigenvalue weighted by atomic mass is 16.3. The third kappa shape index (κ3) is 3.00. The average Bonchev–Trinajstić information content (AvgIpc) is 3.02. The SMILES string of the molecule is CN(C)c1ccc(C2C[C@H]3C(=CC2=O)CC[C@@H]2[C@@H]3CC[C@]3(C)[C@@H](O)CC[C@@H]23)cc1. The third-order valence-corrected chi connectivity index (χ3v) is 9.17. The Morgan fingerprint density at radius 1 is 1.03 bits per heavy atom. The lowest BCUT2D eigenvalue weighted by Crippen LogP contribution is -2.48. The minimum atomic E-state index is -0.110. The van der Waals surface area contributed by atoms with Crippen LogP contribution in [0.15, 0.2) is 35.9 Å². The van der Waals surface area contributed by atoms with Crippen molar-refractivity contribution in [3.8, 4) is 0 Å². The van der Waals surface area contributed by atoms with Crippen LogP contribution in [0.5, 0.6) is 0 Å². The van der Waals surface area contributed by atoms with Crippen LogP contribution in [0.4, 0.5) is 5.69 Å². The number of hydrogen-bond donors (Lipinski definition) is 1. The summed E-state index contributed by atoms with van der Waals surface area (Å²) in [7, 11) is 4.10. The van der Waals surface area contributed by atoms with Gasteiger partial charge in [-0.3, -0.25) is 4.79 Å². The molecule has 29 heavy (non-hydrogen) atoms. The van der Waals surface area contributed by atoms with E-state index in [0.29, 0.717) is 23.5 Å². The molecule has 1 aromatic carbocycles. The van der Waals surface area contributed by atoms with Crippen molar-refractivity contribution in [1.82, 2.24) is 0 Å². The Bertz CT molecular complexity index is 826. The molecule has 1 aromatic rings. The van der Waals surface area contributed by atoms with Crippen LogP contribution >= 0.6 is 0 Å². The number of fused-ring (bicyclic) bond motifs is 5. The van der Waals surface area contributed by atoms with E-state index in [0.717, 1.165) is 31.6 Å². The molecule has 1 N–H and O–H groups in total. The van der Waals surface area contributed by atoms with Gasteiger partial charge in [0.15, 0.2) is 5.78 Å². The summed E-state index contributed by atoms with van der Waals surface area (Å²) < 4.78 is 0. The van der Waals surface area contributed by atoms with Gasteiger partial charge in [0.25, 0.3) is 0 Å². The number of anilines is 1. The molecule has 0 spiro atoms. The Hall–Kier alpha value is -1.61. The fourth-order valence-electron chi connectivity index (χ4n) is 7.46. The molecule has 7 atom stereocenters. The molecule has 156 valence electrons. The highest BCUT2D eigenvalue weighted by molar-refractivity contribution is 5.97. The van der Waals surface area contributed by atoms with E-state index >= 15 is 0 Å². The number of aliphatic hydroxyl groups excluding tert-OH is 1. The maximum Gasteiger partial charge on any atom is 0.163 e. The molecule has 1 unspecified atom stereocenters. The van der Waals surface area contributed by atoms with Crippen molar-refractivity contribution in [2.45, 2.75) is 63.9 Å². The van der Waals surface area contributed by atoms with E-state index in [1.54, 1.807) is 0 Å². The molecular formula is C26H35NO2. The van der Waals surface area contributed by atoms with Gasteiger partial charge in [-0.05, 0) is 97.8 Å². The monoisotopic (exact) mass is 393 g/mol. The van der Waals surface area contributed by atoms with Gasteiger partial charge < -0.3 is 10.0 Å². The fourth-order valence-corrected chi connectivity index (χ4v) is 7.46. The lowest BCUT2D eigenvalue weighted by atomic mass is 9.51. The number of carbonyl (C=O) groups excluding carboxylic acids is 1. The molecule has 3 heteroatoms. The van der Waals surface area contributed by atoms with Gasteiger partial charge in [0.05, 0.1) is 6.10 Å². The molecule has 0 amide bonds. The predicted octanol–water partition coefficient (Wildman–Crippen LogP) is 4.95. The normalized spacial score (nSPS) is 41.2. The van der Waals surface area contributed by atoms with Crippen molar-refractivity contribution in [3.05, 3.63) is 41.5 Å². The number of hydrogen-bond acceptors (Lipinski definition) is 3. The van der Waals surface area contributed by atoms with E-state index in [2.05, 4.69) is 50.2 Å². The number of rotatable bonds is 2. The average molecular weight is 394 g/mol. The van der Waals surface area contributed by atoms with Crippen LogP contribution in [-0.4, -0.2) is 31.1 Å². The second kappa shape index (κ2) is 6.97. The van der Waals surface area contributed by atoms with Gasteiger partial charge in [-0.15, -0.1) is 0 Å². The summed E-state index contributed by atoms with van der Waals surface area (Å²) in [6, 6.07) is 8.58. The minimum absolute atomic E-state index is 0.0150. The van der Waals surface area contributed by atoms with Crippen LogP contribution in [0.3, 0.4) is 0 Å². The van der Waals surface area contributed by atoms with Crippen LogP contribution in [0, 0.1) is 29.1 Å². The zero-order valence-electron chi connectivity index (χ0n) is 18.1. The number of ketones is 1. The number of allylic oxidation sites excluding steroid dienone is 1. The van der Waals surface area contributed by atoms with Gasteiger partial charge in [0.1, 0.15) is 0 Å². The summed E-state index contributed by atoms with van der Waals surface area (Å²) in [6.07, 6.45) is 9.75. The van der Waals surface area contributed by atoms with Crippen molar-refractivity contribution in [1.29, 1.82) is 0 Å². The number of nitrogens with zero attached hydrogens (tertiary/aromatic N) is 1. The summed E-state index contributed by atoms with van der Waals surface area (Å²) in [5.74, 6) is 3.00. The van der Waals surface area contributed by atoms with Crippen molar-refractivity contribution < 1.29 is 9.90 Å². The Balaban J connectivity index is 1.41. The highest BCUT2D eigenvalue weighted by Gasteiger charge is 2.56. The predicted molar refractivity (Wildman–Crippen MR) is 117 cm³/mol. The second-order valence-corrected chi connectivity index (χ2v) is 10.6. The lowest BCUT2D eigenvalue weighted by molar-refractivity contribution is -0.117. The topological polar surface area (TPSA) is 40.5 Å². The zero-order valence-corrected chi connectivity index (χ0v) is 18.1. The van der Waals surface area contributed by atoms with E-state index in [-0.39, 0.29) is 17.4 Å². The molecule has 0 radical (unpaired) electrons. The van der Waals surface area contributed by atoms with Crippen LogP contribution in [-0.2, 0) is 4.79 Å². The zero-order chi connectivity index (χ0) is 20.3. The molecule has 3 nitrogen and oxygen atoms in total. The molecule has 4 aliphatic rings. The van der Waals surface area contributed by atoms with E-state index in [1.165, 1.54) is 36.1 Å². The van der Waals surface area contributed by atoms with Crippen LogP contribution in [0.25, 0.3) is 0 Å². The fraction of sp³-hybridized carbons (Fsp3) is 0.654. The summed E-state index contributed by atoms with van der Waals surface area (Å²) in [4.78, 5) is 15.1. The first kappa shape index (κ1) is 19.4. The van der Waals surface area contributed by atoms with E-state index in [4.69, 9.17) is 0 Å². The lowest BCUT2D eigenvalue weighted by Gasteiger charge is -2.53. The first-order valence-electron chi connectivity index (χ1n) is 11.6. The summed E-state index contributed by atoms with van der Waals surface area (Å²) in [5, 5.41) is 10.6. The summed E-state index contributed by atoms with van der Waals surface area (Å²) >= 11 is 0. The van der Waals surface area contributed by atoms with E-state index < -0.39 is 0 Å². The largest absolute Gasteiger partial charge is 0.393 e. The van der Waals surface area contributed by atoms with Crippen LogP contribution < -0.4 is 4.90 Å². The van der Waals surface area contributed by atoms with Crippen molar-refractivity contribution in [2.24, 2.45) is 29.1 Å². The van der Waals surface area contributed by atoms with Gasteiger partial charge >= 0.3 is 0 Å². The third-order valence-electron chi connectivity index (χ3n) is 9.17. The van der Waals surface area contributed by atoms with E-state index in [1.807, 2.05) is 6.08 Å². The molecule has 5 rings (SSSR count). The van der Waals surface area contributed by atoms with Gasteiger partial charge in [-0.2, -0.15) is 0 Å². The van der Waals surface area contributed by atoms with E-state index in [9.17, 15) is 9.90 Å². The minimum Gasteiger partial charge on any atom is -0.393 e. The molecule has 0 aromatic heterocycles. The molecule has 3 fully saturated rings. The summed E-state index contributed by atoms with van der Waals surface area (Å²) in [5.41, 5.74) is 3.92. The second-order valence-electron chi connectivity index (χ2n) is 10.6. The van der Waals surface area contributed by atoms with Gasteiger partial charge in [-0.1, -0.05) is 24.6 Å². The van der Waals surface area contributed by atoms with Crippen molar-refractivity contribution in [3.63, 3.8) is 0 Å². The molecule has 0 saturated heterocycles. The number of aliphatic hydroxyl groups is 1. The molecule has 0 heterocycles. The number of benzene rings is 1. The molecule has 0 aliphatic heterocycles. The first-order chi connectivity index (χ1) is 13.9. The Kier molecular flexibility index (Phi) is 4.66. The smallest absolute Gasteiger partial charge is 0.163 e. The highest BCUT2D eigenvalue weighted by Crippen LogP contribution is 2.62. The molecular weight excluding hydrogens is 358 g/mol. The maximum atomic E-state index is 13.0. The Labute approximate surface area is 175 Å². The van der Waals surface area contributed by atoms with Gasteiger partial charge in [-0.25, -0.2) is 0 Å². The molecule has 3 saturated carbocycles. The first-order valence-corrected chi connectivity index (χ1v) is 11.6. The molecule has 4 aliphatic carbocycles. The standard InChI is InChI=1S/C26H35NO2/c1-26-13-12-19-20(23(26)10-11-25(26)29)9-6-17-14-24(28)22(15-21(17)19)16-4-7-18(8-5-16)27(2)3/h4-5,7-8,14,19-23,25,29H,6,9-13,15H2,1-3H3/t19-,20+,21-,22?,23-,25-,26-/m0/s1. The van der Waals surface area contributed by atoms with Crippen molar-refractivity contribution in [2.75, 3.05) is 19.0 Å². The number of carbonyl (C=O) groups is 1. The summed E-state index contributed by atoms with van der Waals surface area (Å²) in [6.45, 7) is 2.34. The van der Waals surface area contributed by atoms with Crippen LogP contribution in [0.1, 0.15) is 63.4 Å². The Morgan fingerprint density at radius 2 is 1.79 bits per heavy atom. The van der Waals surface area contributed by atoms with Crippen molar-refractivity contribution >= 4 is 11.5 Å². The van der Waals surface area contributed by atoms with Crippen LogP contribution in [0.2, 0.25) is 0 Å². The quantitative estimate of drug-likeness (QED) is 0.773. The molecule has 0 bridgehead atoms. The van der Waals surface area contributed by atoms with Gasteiger partial charge in [0, 0.05) is 25.7 Å². The Morgan fingerprint density at radius 3 is 2.52 bits per heavy atom.